The van der Waals surface area contributed by atoms with Gasteiger partial charge in [-0.1, -0.05) is 12.1 Å². The molecule has 0 fully saturated rings. The van der Waals surface area contributed by atoms with Crippen LogP contribution < -0.4 is 4.74 Å². The molecule has 1 aromatic heterocycles. The molecule has 1 aromatic carbocycles. The second-order valence-corrected chi connectivity index (χ2v) is 5.06. The van der Waals surface area contributed by atoms with Gasteiger partial charge < -0.3 is 14.7 Å². The number of nitrogens with one attached hydrogen (secondary N) is 1. The third-order valence-electron chi connectivity index (χ3n) is 3.76. The van der Waals surface area contributed by atoms with Crippen LogP contribution in [0.3, 0.4) is 0 Å². The summed E-state index contributed by atoms with van der Waals surface area (Å²) in [5.41, 5.74) is 2.61. The lowest BCUT2D eigenvalue weighted by Crippen LogP contribution is -2.38. The van der Waals surface area contributed by atoms with Crippen molar-refractivity contribution in [2.24, 2.45) is 0 Å². The minimum atomic E-state index is -1.17. The van der Waals surface area contributed by atoms with Crippen LogP contribution in [0.15, 0.2) is 30.5 Å². The molecule has 0 saturated carbocycles. The molecule has 2 aromatic rings. The standard InChI is InChI=1S/C15H17N3O3/c1-21-12-4-2-3-10(7-12)14(19)15(20)18-6-5-13-11(9-18)8-16-17-13/h2-4,7-8,14,19H,5-6,9H2,1H3,(H,16,17). The van der Waals surface area contributed by atoms with Gasteiger partial charge in [0.05, 0.1) is 13.3 Å². The van der Waals surface area contributed by atoms with Crippen LogP contribution in [-0.2, 0) is 17.8 Å². The minimum absolute atomic E-state index is 0.296. The summed E-state index contributed by atoms with van der Waals surface area (Å²) < 4.78 is 5.12. The van der Waals surface area contributed by atoms with Crippen LogP contribution in [0, 0.1) is 0 Å². The molecule has 1 aliphatic heterocycles. The maximum Gasteiger partial charge on any atom is 0.256 e. The van der Waals surface area contributed by atoms with Crippen molar-refractivity contribution in [2.45, 2.75) is 19.1 Å². The van der Waals surface area contributed by atoms with Crippen LogP contribution in [0.2, 0.25) is 0 Å². The summed E-state index contributed by atoms with van der Waals surface area (Å²) in [5, 5.41) is 17.2. The fourth-order valence-electron chi connectivity index (χ4n) is 2.54. The van der Waals surface area contributed by atoms with Crippen molar-refractivity contribution in [3.05, 3.63) is 47.3 Å². The Morgan fingerprint density at radius 1 is 1.52 bits per heavy atom. The van der Waals surface area contributed by atoms with E-state index in [-0.39, 0.29) is 5.91 Å². The third kappa shape index (κ3) is 2.62. The zero-order valence-corrected chi connectivity index (χ0v) is 11.7. The highest BCUT2D eigenvalue weighted by Gasteiger charge is 2.27. The van der Waals surface area contributed by atoms with Gasteiger partial charge in [0.1, 0.15) is 5.75 Å². The van der Waals surface area contributed by atoms with Gasteiger partial charge in [-0.3, -0.25) is 9.89 Å². The Bertz CT molecular complexity index is 653. The average Bonchev–Trinajstić information content (AvgIpc) is 3.01. The van der Waals surface area contributed by atoms with Crippen LogP contribution in [0.5, 0.6) is 5.75 Å². The molecule has 1 atom stereocenters. The van der Waals surface area contributed by atoms with Gasteiger partial charge in [0, 0.05) is 30.8 Å². The molecule has 110 valence electrons. The van der Waals surface area contributed by atoms with Crippen molar-refractivity contribution in [1.82, 2.24) is 15.1 Å². The van der Waals surface area contributed by atoms with Crippen molar-refractivity contribution in [2.75, 3.05) is 13.7 Å². The van der Waals surface area contributed by atoms with E-state index >= 15 is 0 Å². The van der Waals surface area contributed by atoms with Gasteiger partial charge in [-0.15, -0.1) is 0 Å². The molecule has 1 aliphatic rings. The Morgan fingerprint density at radius 3 is 3.19 bits per heavy atom. The number of rotatable bonds is 3. The van der Waals surface area contributed by atoms with Gasteiger partial charge in [0.2, 0.25) is 0 Å². The first-order chi connectivity index (χ1) is 10.2. The zero-order valence-electron chi connectivity index (χ0n) is 11.7. The number of carbonyl (C=O) groups is 1. The molecule has 21 heavy (non-hydrogen) atoms. The highest BCUT2D eigenvalue weighted by molar-refractivity contribution is 5.82. The van der Waals surface area contributed by atoms with Crippen molar-refractivity contribution >= 4 is 5.91 Å². The van der Waals surface area contributed by atoms with Gasteiger partial charge >= 0.3 is 0 Å². The predicted octanol–water partition coefficient (Wildman–Crippen LogP) is 1.04. The van der Waals surface area contributed by atoms with Crippen LogP contribution >= 0.6 is 0 Å². The number of ether oxygens (including phenoxy) is 1. The van der Waals surface area contributed by atoms with Crippen molar-refractivity contribution in [1.29, 1.82) is 0 Å². The summed E-state index contributed by atoms with van der Waals surface area (Å²) in [4.78, 5) is 14.1. The molecule has 0 spiro atoms. The first-order valence-electron chi connectivity index (χ1n) is 6.81. The number of H-pyrrole nitrogens is 1. The smallest absolute Gasteiger partial charge is 0.256 e. The first-order valence-corrected chi connectivity index (χ1v) is 6.81. The van der Waals surface area contributed by atoms with E-state index in [0.29, 0.717) is 24.4 Å². The lowest BCUT2D eigenvalue weighted by Gasteiger charge is -2.28. The predicted molar refractivity (Wildman–Crippen MR) is 75.7 cm³/mol. The number of fused-ring (bicyclic) bond motifs is 1. The van der Waals surface area contributed by atoms with Crippen molar-refractivity contribution in [3.63, 3.8) is 0 Å². The number of aliphatic hydroxyl groups is 1. The first kappa shape index (κ1) is 13.6. The summed E-state index contributed by atoms with van der Waals surface area (Å²) in [6.07, 6.45) is 1.28. The minimum Gasteiger partial charge on any atom is -0.497 e. The molecular weight excluding hydrogens is 270 g/mol. The lowest BCUT2D eigenvalue weighted by atomic mass is 10.0. The molecule has 1 unspecified atom stereocenters. The van der Waals surface area contributed by atoms with E-state index in [4.69, 9.17) is 4.74 Å². The van der Waals surface area contributed by atoms with E-state index in [1.54, 1.807) is 42.5 Å². The number of benzene rings is 1. The van der Waals surface area contributed by atoms with E-state index in [0.717, 1.165) is 17.7 Å². The lowest BCUT2D eigenvalue weighted by molar-refractivity contribution is -0.141. The van der Waals surface area contributed by atoms with Gasteiger partial charge in [0.15, 0.2) is 6.10 Å². The van der Waals surface area contributed by atoms with Crippen molar-refractivity contribution in [3.8, 4) is 5.75 Å². The number of aromatic nitrogens is 2. The van der Waals surface area contributed by atoms with Gasteiger partial charge in [-0.05, 0) is 17.7 Å². The molecule has 0 saturated heterocycles. The van der Waals surface area contributed by atoms with Crippen molar-refractivity contribution < 1.29 is 14.6 Å². The number of methoxy groups -OCH3 is 1. The van der Waals surface area contributed by atoms with Gasteiger partial charge in [-0.2, -0.15) is 5.10 Å². The second kappa shape index (κ2) is 5.57. The fourth-order valence-corrected chi connectivity index (χ4v) is 2.54. The van der Waals surface area contributed by atoms with Crippen LogP contribution in [-0.4, -0.2) is 39.8 Å². The Labute approximate surface area is 122 Å². The SMILES string of the molecule is COc1cccc(C(O)C(=O)N2CCc3[nH]ncc3C2)c1. The molecule has 6 heteroatoms. The number of carbonyl (C=O) groups excluding carboxylic acids is 1. The maximum atomic E-state index is 12.4. The van der Waals surface area contributed by atoms with E-state index < -0.39 is 6.10 Å². The highest BCUT2D eigenvalue weighted by atomic mass is 16.5. The van der Waals surface area contributed by atoms with E-state index in [1.165, 1.54) is 0 Å². The maximum absolute atomic E-state index is 12.4. The van der Waals surface area contributed by atoms with Crippen LogP contribution in [0.4, 0.5) is 0 Å². The molecule has 1 amide bonds. The van der Waals surface area contributed by atoms with Gasteiger partial charge in [0.25, 0.3) is 5.91 Å². The summed E-state index contributed by atoms with van der Waals surface area (Å²) >= 11 is 0. The summed E-state index contributed by atoms with van der Waals surface area (Å²) in [6, 6.07) is 6.93. The molecular formula is C15H17N3O3. The topological polar surface area (TPSA) is 78.5 Å². The molecule has 0 bridgehead atoms. The highest BCUT2D eigenvalue weighted by Crippen LogP contribution is 2.23. The normalized spacial score (nSPS) is 15.4. The third-order valence-corrected chi connectivity index (χ3v) is 3.76. The van der Waals surface area contributed by atoms with Crippen LogP contribution in [0.1, 0.15) is 22.9 Å². The number of nitrogens with zero attached hydrogens (tertiary/aromatic N) is 2. The summed E-state index contributed by atoms with van der Waals surface area (Å²) in [5.74, 6) is 0.324. The molecule has 2 heterocycles. The number of aromatic amines is 1. The second-order valence-electron chi connectivity index (χ2n) is 5.06. The number of hydrogen-bond donors (Lipinski definition) is 2. The zero-order chi connectivity index (χ0) is 14.8. The fraction of sp³-hybridized carbons (Fsp3) is 0.333. The monoisotopic (exact) mass is 287 g/mol. The summed E-state index contributed by atoms with van der Waals surface area (Å²) in [7, 11) is 1.55. The Kier molecular flexibility index (Phi) is 3.62. The van der Waals surface area contributed by atoms with Crippen LogP contribution in [0.25, 0.3) is 0 Å². The Morgan fingerprint density at radius 2 is 2.38 bits per heavy atom. The summed E-state index contributed by atoms with van der Waals surface area (Å²) in [6.45, 7) is 1.06. The van der Waals surface area contributed by atoms with E-state index in [1.807, 2.05) is 0 Å². The molecule has 6 nitrogen and oxygen atoms in total. The molecule has 2 N–H and O–H groups in total. The molecule has 0 aliphatic carbocycles. The number of amides is 1. The largest absolute Gasteiger partial charge is 0.497 e. The van der Waals surface area contributed by atoms with E-state index in [2.05, 4.69) is 10.2 Å². The Hall–Kier alpha value is -2.34. The Balaban J connectivity index is 1.76. The quantitative estimate of drug-likeness (QED) is 0.884. The average molecular weight is 287 g/mol. The number of aliphatic hydroxyl groups excluding tert-OH is 1. The number of hydrogen-bond acceptors (Lipinski definition) is 4. The van der Waals surface area contributed by atoms with E-state index in [9.17, 15) is 9.90 Å². The molecule has 3 rings (SSSR count). The molecule has 0 radical (unpaired) electrons. The van der Waals surface area contributed by atoms with Gasteiger partial charge in [-0.25, -0.2) is 0 Å².